The van der Waals surface area contributed by atoms with Crippen LogP contribution in [0.25, 0.3) is 0 Å². The fourth-order valence-corrected chi connectivity index (χ4v) is 2.96. The zero-order valence-electron chi connectivity index (χ0n) is 12.8. The molecule has 4 nitrogen and oxygen atoms in total. The number of Topliss-reactive ketones (excluding diaryl/α,β-unsaturated/α-hetero) is 1. The van der Waals surface area contributed by atoms with Gasteiger partial charge in [-0.1, -0.05) is 26.7 Å². The molecule has 0 saturated heterocycles. The second kappa shape index (κ2) is 7.02. The molecule has 112 valence electrons. The van der Waals surface area contributed by atoms with Gasteiger partial charge in [0.1, 0.15) is 6.10 Å². The fourth-order valence-electron chi connectivity index (χ4n) is 2.96. The number of carbonyl (C=O) groups is 1. The average molecular weight is 278 g/mol. The fraction of sp³-hybridized carbons (Fsp3) is 0.750. The van der Waals surface area contributed by atoms with Crippen LogP contribution in [0.5, 0.6) is 0 Å². The van der Waals surface area contributed by atoms with Crippen molar-refractivity contribution < 1.29 is 9.53 Å². The maximum absolute atomic E-state index is 12.3. The van der Waals surface area contributed by atoms with E-state index in [4.69, 9.17) is 4.74 Å². The highest BCUT2D eigenvalue weighted by Crippen LogP contribution is 2.28. The summed E-state index contributed by atoms with van der Waals surface area (Å²) in [5.41, 5.74) is 0.868. The topological polar surface area (TPSA) is 44.1 Å². The first-order valence-electron chi connectivity index (χ1n) is 7.80. The van der Waals surface area contributed by atoms with Crippen LogP contribution in [0.4, 0.5) is 0 Å². The monoisotopic (exact) mass is 278 g/mol. The van der Waals surface area contributed by atoms with E-state index in [1.165, 1.54) is 25.7 Å². The third kappa shape index (κ3) is 3.69. The first-order valence-corrected chi connectivity index (χ1v) is 7.80. The van der Waals surface area contributed by atoms with Crippen LogP contribution in [0.1, 0.15) is 58.2 Å². The average Bonchev–Trinajstić information content (AvgIpc) is 3.05. The van der Waals surface area contributed by atoms with E-state index in [2.05, 4.69) is 5.10 Å². The Bertz CT molecular complexity index is 433. The zero-order chi connectivity index (χ0) is 14.5. The van der Waals surface area contributed by atoms with Crippen molar-refractivity contribution >= 4 is 5.78 Å². The van der Waals surface area contributed by atoms with Crippen LogP contribution < -0.4 is 0 Å². The first-order chi connectivity index (χ1) is 9.61. The molecule has 0 amide bonds. The normalized spacial score (nSPS) is 17.8. The Hall–Kier alpha value is -1.16. The molecule has 4 heteroatoms. The van der Waals surface area contributed by atoms with Crippen LogP contribution in [-0.4, -0.2) is 28.3 Å². The lowest BCUT2D eigenvalue weighted by Crippen LogP contribution is -2.31. The summed E-state index contributed by atoms with van der Waals surface area (Å²) in [7, 11) is 0. The summed E-state index contributed by atoms with van der Waals surface area (Å²) < 4.78 is 7.60. The second-order valence-corrected chi connectivity index (χ2v) is 5.99. The van der Waals surface area contributed by atoms with Crippen molar-refractivity contribution in [1.82, 2.24) is 9.78 Å². The van der Waals surface area contributed by atoms with Gasteiger partial charge in [-0.3, -0.25) is 9.48 Å². The number of nitrogens with zero attached hydrogens (tertiary/aromatic N) is 2. The summed E-state index contributed by atoms with van der Waals surface area (Å²) in [6.07, 6.45) is 7.09. The highest BCUT2D eigenvalue weighted by molar-refractivity contribution is 5.85. The molecular weight excluding hydrogens is 252 g/mol. The van der Waals surface area contributed by atoms with Gasteiger partial charge in [0.05, 0.1) is 18.2 Å². The maximum atomic E-state index is 12.3. The van der Waals surface area contributed by atoms with E-state index in [1.54, 1.807) is 0 Å². The van der Waals surface area contributed by atoms with Crippen molar-refractivity contribution in [3.05, 3.63) is 18.0 Å². The quantitative estimate of drug-likeness (QED) is 0.769. The van der Waals surface area contributed by atoms with E-state index in [9.17, 15) is 4.79 Å². The highest BCUT2D eigenvalue weighted by Gasteiger charge is 2.24. The van der Waals surface area contributed by atoms with Crippen LogP contribution in [-0.2, 0) is 16.0 Å². The van der Waals surface area contributed by atoms with Crippen LogP contribution in [0, 0.1) is 5.92 Å². The minimum absolute atomic E-state index is 0.138. The van der Waals surface area contributed by atoms with Gasteiger partial charge in [-0.2, -0.15) is 5.10 Å². The van der Waals surface area contributed by atoms with Crippen molar-refractivity contribution in [1.29, 1.82) is 0 Å². The zero-order valence-corrected chi connectivity index (χ0v) is 12.8. The van der Waals surface area contributed by atoms with Gasteiger partial charge in [0, 0.05) is 12.8 Å². The van der Waals surface area contributed by atoms with E-state index in [0.29, 0.717) is 19.1 Å². The highest BCUT2D eigenvalue weighted by atomic mass is 16.5. The molecule has 1 aromatic heterocycles. The molecule has 0 spiro atoms. The van der Waals surface area contributed by atoms with Crippen molar-refractivity contribution in [3.63, 3.8) is 0 Å². The van der Waals surface area contributed by atoms with Gasteiger partial charge in [0.25, 0.3) is 0 Å². The van der Waals surface area contributed by atoms with Gasteiger partial charge in [0.15, 0.2) is 5.78 Å². The summed E-state index contributed by atoms with van der Waals surface area (Å²) in [5, 5.41) is 4.57. The van der Waals surface area contributed by atoms with Gasteiger partial charge in [-0.25, -0.2) is 0 Å². The van der Waals surface area contributed by atoms with Crippen LogP contribution in [0.2, 0.25) is 0 Å². The SMILES string of the molecule is CCOC(C(=O)Cc1ccn(C2CCCC2)n1)C(C)C. The molecule has 1 saturated carbocycles. The minimum atomic E-state index is -0.309. The number of ketones is 1. The predicted octanol–water partition coefficient (Wildman–Crippen LogP) is 3.17. The number of carbonyl (C=O) groups excluding carboxylic acids is 1. The van der Waals surface area contributed by atoms with E-state index in [1.807, 2.05) is 37.7 Å². The van der Waals surface area contributed by atoms with Gasteiger partial charge in [-0.15, -0.1) is 0 Å². The molecule has 1 unspecified atom stereocenters. The molecule has 0 aliphatic heterocycles. The van der Waals surface area contributed by atoms with Gasteiger partial charge in [-0.05, 0) is 31.7 Å². The molecule has 2 rings (SSSR count). The largest absolute Gasteiger partial charge is 0.370 e. The van der Waals surface area contributed by atoms with Crippen LogP contribution in [0.15, 0.2) is 12.3 Å². The maximum Gasteiger partial charge on any atom is 0.167 e. The van der Waals surface area contributed by atoms with Crippen molar-refractivity contribution in [2.24, 2.45) is 5.92 Å². The standard InChI is InChI=1S/C16H26N2O2/c1-4-20-16(12(2)3)15(19)11-13-9-10-18(17-13)14-7-5-6-8-14/h9-10,12,14,16H,4-8,11H2,1-3H3. The molecule has 20 heavy (non-hydrogen) atoms. The smallest absolute Gasteiger partial charge is 0.167 e. The first kappa shape index (κ1) is 15.2. The second-order valence-electron chi connectivity index (χ2n) is 5.99. The van der Waals surface area contributed by atoms with Gasteiger partial charge in [0.2, 0.25) is 0 Å². The Balaban J connectivity index is 1.96. The number of rotatable bonds is 7. The molecule has 1 aliphatic carbocycles. The number of hydrogen-bond acceptors (Lipinski definition) is 3. The summed E-state index contributed by atoms with van der Waals surface area (Å²) in [6, 6.07) is 2.51. The number of aromatic nitrogens is 2. The molecule has 1 aliphatic rings. The third-order valence-corrected chi connectivity index (χ3v) is 3.99. The van der Waals surface area contributed by atoms with Gasteiger partial charge >= 0.3 is 0 Å². The van der Waals surface area contributed by atoms with Crippen molar-refractivity contribution in [3.8, 4) is 0 Å². The molecule has 1 atom stereocenters. The van der Waals surface area contributed by atoms with Crippen LogP contribution >= 0.6 is 0 Å². The third-order valence-electron chi connectivity index (χ3n) is 3.99. The molecule has 1 aromatic rings. The van der Waals surface area contributed by atoms with Crippen molar-refractivity contribution in [2.75, 3.05) is 6.61 Å². The van der Waals surface area contributed by atoms with E-state index in [0.717, 1.165) is 5.69 Å². The predicted molar refractivity (Wildman–Crippen MR) is 78.7 cm³/mol. The Morgan fingerprint density at radius 2 is 2.15 bits per heavy atom. The van der Waals surface area contributed by atoms with Crippen molar-refractivity contribution in [2.45, 2.75) is 65.0 Å². The molecular formula is C16H26N2O2. The lowest BCUT2D eigenvalue weighted by atomic mass is 10.00. The molecule has 0 bridgehead atoms. The lowest BCUT2D eigenvalue weighted by Gasteiger charge is -2.18. The minimum Gasteiger partial charge on any atom is -0.370 e. The summed E-state index contributed by atoms with van der Waals surface area (Å²) >= 11 is 0. The molecule has 0 N–H and O–H groups in total. The molecule has 1 heterocycles. The summed E-state index contributed by atoms with van der Waals surface area (Å²) in [4.78, 5) is 12.3. The van der Waals surface area contributed by atoms with E-state index < -0.39 is 0 Å². The van der Waals surface area contributed by atoms with Gasteiger partial charge < -0.3 is 4.74 Å². The number of hydrogen-bond donors (Lipinski definition) is 0. The molecule has 0 aromatic carbocycles. The van der Waals surface area contributed by atoms with E-state index >= 15 is 0 Å². The summed E-state index contributed by atoms with van der Waals surface area (Å²) in [5.74, 6) is 0.345. The lowest BCUT2D eigenvalue weighted by molar-refractivity contribution is -0.132. The number of ether oxygens (including phenoxy) is 1. The molecule has 1 fully saturated rings. The molecule has 0 radical (unpaired) electrons. The Kier molecular flexibility index (Phi) is 5.35. The van der Waals surface area contributed by atoms with Crippen LogP contribution in [0.3, 0.4) is 0 Å². The summed E-state index contributed by atoms with van der Waals surface area (Å²) in [6.45, 7) is 6.55. The Morgan fingerprint density at radius 3 is 2.75 bits per heavy atom. The van der Waals surface area contributed by atoms with E-state index in [-0.39, 0.29) is 17.8 Å². The Labute approximate surface area is 121 Å². The Morgan fingerprint density at radius 1 is 1.45 bits per heavy atom.